The number of carbonyl (C=O) groups excluding carboxylic acids is 1. The fourth-order valence-corrected chi connectivity index (χ4v) is 2.97. The Morgan fingerprint density at radius 2 is 2.00 bits per heavy atom. The number of nitrogens with zero attached hydrogens (tertiary/aromatic N) is 5. The molecule has 2 aromatic heterocycles. The van der Waals surface area contributed by atoms with E-state index in [2.05, 4.69) is 31.0 Å². The fourth-order valence-electron chi connectivity index (χ4n) is 2.97. The summed E-state index contributed by atoms with van der Waals surface area (Å²) in [6.45, 7) is 2.72. The van der Waals surface area contributed by atoms with Crippen molar-refractivity contribution >= 4 is 11.8 Å². The molecule has 27 heavy (non-hydrogen) atoms. The van der Waals surface area contributed by atoms with Gasteiger partial charge in [0.25, 0.3) is 5.89 Å². The second-order valence-corrected chi connectivity index (χ2v) is 6.28. The third-order valence-corrected chi connectivity index (χ3v) is 4.36. The smallest absolute Gasteiger partial charge is 0.321 e. The van der Waals surface area contributed by atoms with Crippen LogP contribution in [0.4, 0.5) is 10.6 Å². The number of hydrogen-bond donors (Lipinski definition) is 2. The Bertz CT molecular complexity index is 916. The van der Waals surface area contributed by atoms with E-state index in [9.17, 15) is 4.79 Å². The summed E-state index contributed by atoms with van der Waals surface area (Å²) >= 11 is 0. The number of para-hydroxylation sites is 1. The zero-order chi connectivity index (χ0) is 18.7. The molecule has 0 bridgehead atoms. The minimum Gasteiger partial charge on any atom is -0.381 e. The summed E-state index contributed by atoms with van der Waals surface area (Å²) in [7, 11) is 0. The Kier molecular flexibility index (Phi) is 4.55. The Labute approximate surface area is 154 Å². The number of anilines is 1. The summed E-state index contributed by atoms with van der Waals surface area (Å²) < 4.78 is 10.7. The van der Waals surface area contributed by atoms with E-state index in [1.165, 1.54) is 11.0 Å². The normalized spacial score (nSPS) is 16.0. The van der Waals surface area contributed by atoms with Gasteiger partial charge >= 0.3 is 6.03 Å². The molecule has 0 spiro atoms. The van der Waals surface area contributed by atoms with Gasteiger partial charge in [0, 0.05) is 26.1 Å². The lowest BCUT2D eigenvalue weighted by atomic mass is 9.90. The lowest BCUT2D eigenvalue weighted by Gasteiger charge is -2.34. The van der Waals surface area contributed by atoms with Crippen molar-refractivity contribution in [1.29, 1.82) is 0 Å². The summed E-state index contributed by atoms with van der Waals surface area (Å²) in [4.78, 5) is 18.3. The van der Waals surface area contributed by atoms with Gasteiger partial charge in [-0.05, 0) is 19.1 Å². The van der Waals surface area contributed by atoms with Crippen LogP contribution in [0.15, 0.2) is 41.1 Å². The highest BCUT2D eigenvalue weighted by Crippen LogP contribution is 2.31. The lowest BCUT2D eigenvalue weighted by molar-refractivity contribution is 0.0285. The van der Waals surface area contributed by atoms with E-state index < -0.39 is 11.6 Å². The number of aryl methyl sites for hydroxylation is 1. The zero-order valence-corrected chi connectivity index (χ0v) is 14.8. The molecule has 0 aliphatic carbocycles. The van der Waals surface area contributed by atoms with E-state index in [4.69, 9.17) is 9.26 Å². The van der Waals surface area contributed by atoms with Crippen LogP contribution in [-0.2, 0) is 10.3 Å². The minimum atomic E-state index is -0.765. The number of urea groups is 1. The van der Waals surface area contributed by atoms with Crippen LogP contribution in [0.1, 0.15) is 24.6 Å². The highest BCUT2D eigenvalue weighted by atomic mass is 16.5. The number of aromatic nitrogens is 5. The van der Waals surface area contributed by atoms with Crippen LogP contribution in [0.2, 0.25) is 0 Å². The molecule has 1 aliphatic heterocycles. The standard InChI is InChI=1S/C17H19N7O3/c1-12-19-15(27-23-12)17(7-9-26-10-8-17)21-16(25)20-14-11-18-24(22-14)13-5-3-2-4-6-13/h2-6,11H,7-10H2,1H3,(H2,20,21,22,25). The van der Waals surface area contributed by atoms with Crippen molar-refractivity contribution in [3.8, 4) is 5.69 Å². The summed E-state index contributed by atoms with van der Waals surface area (Å²) in [5.41, 5.74) is 0.0344. The average molecular weight is 369 g/mol. The summed E-state index contributed by atoms with van der Waals surface area (Å²) in [5, 5.41) is 17.9. The molecule has 2 N–H and O–H groups in total. The molecule has 4 rings (SSSR count). The number of ether oxygens (including phenoxy) is 1. The highest BCUT2D eigenvalue weighted by Gasteiger charge is 2.41. The van der Waals surface area contributed by atoms with E-state index in [-0.39, 0.29) is 0 Å². The molecular formula is C17H19N7O3. The first-order chi connectivity index (χ1) is 13.1. The van der Waals surface area contributed by atoms with Crippen LogP contribution in [0.3, 0.4) is 0 Å². The number of rotatable bonds is 4. The molecule has 1 fully saturated rings. The predicted molar refractivity (Wildman–Crippen MR) is 94.3 cm³/mol. The molecule has 10 nitrogen and oxygen atoms in total. The Morgan fingerprint density at radius 1 is 1.22 bits per heavy atom. The molecule has 0 saturated carbocycles. The van der Waals surface area contributed by atoms with Gasteiger partial charge < -0.3 is 14.6 Å². The number of benzene rings is 1. The maximum atomic E-state index is 12.6. The van der Waals surface area contributed by atoms with Crippen molar-refractivity contribution in [2.24, 2.45) is 0 Å². The van der Waals surface area contributed by atoms with Crippen molar-refractivity contribution in [2.75, 3.05) is 18.5 Å². The van der Waals surface area contributed by atoms with Crippen LogP contribution in [0.25, 0.3) is 5.69 Å². The Hall–Kier alpha value is -3.27. The number of hydrogen-bond acceptors (Lipinski definition) is 7. The van der Waals surface area contributed by atoms with Crippen molar-refractivity contribution in [3.63, 3.8) is 0 Å². The molecule has 1 aromatic carbocycles. The molecule has 0 unspecified atom stereocenters. The Morgan fingerprint density at radius 3 is 2.70 bits per heavy atom. The molecule has 10 heteroatoms. The van der Waals surface area contributed by atoms with Crippen LogP contribution < -0.4 is 10.6 Å². The maximum absolute atomic E-state index is 12.6. The molecular weight excluding hydrogens is 350 g/mol. The van der Waals surface area contributed by atoms with Crippen molar-refractivity contribution in [1.82, 2.24) is 30.5 Å². The monoisotopic (exact) mass is 369 g/mol. The van der Waals surface area contributed by atoms with E-state index in [0.717, 1.165) is 5.69 Å². The zero-order valence-electron chi connectivity index (χ0n) is 14.8. The molecule has 3 aromatic rings. The van der Waals surface area contributed by atoms with Gasteiger partial charge in [0.1, 0.15) is 5.54 Å². The van der Waals surface area contributed by atoms with Gasteiger partial charge in [-0.25, -0.2) is 4.79 Å². The number of carbonyl (C=O) groups is 1. The van der Waals surface area contributed by atoms with Gasteiger partial charge in [0.05, 0.1) is 11.9 Å². The van der Waals surface area contributed by atoms with E-state index in [1.807, 2.05) is 30.3 Å². The first kappa shape index (κ1) is 17.2. The SMILES string of the molecule is Cc1noc(C2(NC(=O)Nc3cnn(-c4ccccc4)n3)CCOCC2)n1. The second-order valence-electron chi connectivity index (χ2n) is 6.28. The van der Waals surface area contributed by atoms with Crippen LogP contribution in [-0.4, -0.2) is 44.4 Å². The number of nitrogens with one attached hydrogen (secondary N) is 2. The predicted octanol–water partition coefficient (Wildman–Crippen LogP) is 1.79. The molecule has 0 radical (unpaired) electrons. The van der Waals surface area contributed by atoms with E-state index in [1.54, 1.807) is 6.92 Å². The van der Waals surface area contributed by atoms with Crippen LogP contribution in [0.5, 0.6) is 0 Å². The van der Waals surface area contributed by atoms with Gasteiger partial charge in [-0.15, -0.1) is 9.90 Å². The molecule has 2 amide bonds. The van der Waals surface area contributed by atoms with Crippen molar-refractivity contribution in [2.45, 2.75) is 25.3 Å². The lowest BCUT2D eigenvalue weighted by Crippen LogP contribution is -2.51. The second kappa shape index (κ2) is 7.16. The first-order valence-corrected chi connectivity index (χ1v) is 8.60. The van der Waals surface area contributed by atoms with Gasteiger partial charge in [-0.3, -0.25) is 5.32 Å². The molecule has 1 aliphatic rings. The molecule has 3 heterocycles. The largest absolute Gasteiger partial charge is 0.381 e. The van der Waals surface area contributed by atoms with Crippen molar-refractivity contribution in [3.05, 3.63) is 48.2 Å². The third-order valence-electron chi connectivity index (χ3n) is 4.36. The molecule has 1 saturated heterocycles. The average Bonchev–Trinajstić information content (AvgIpc) is 3.32. The van der Waals surface area contributed by atoms with E-state index >= 15 is 0 Å². The first-order valence-electron chi connectivity index (χ1n) is 8.60. The van der Waals surface area contributed by atoms with Crippen molar-refractivity contribution < 1.29 is 14.1 Å². The quantitative estimate of drug-likeness (QED) is 0.719. The van der Waals surface area contributed by atoms with Gasteiger partial charge in [0.2, 0.25) is 0 Å². The van der Waals surface area contributed by atoms with Crippen LogP contribution >= 0.6 is 0 Å². The summed E-state index contributed by atoms with van der Waals surface area (Å²) in [6, 6.07) is 9.01. The summed E-state index contributed by atoms with van der Waals surface area (Å²) in [5.74, 6) is 1.23. The van der Waals surface area contributed by atoms with Crippen LogP contribution in [0, 0.1) is 6.92 Å². The fraction of sp³-hybridized carbons (Fsp3) is 0.353. The molecule has 0 atom stereocenters. The van der Waals surface area contributed by atoms with Gasteiger partial charge in [0.15, 0.2) is 11.6 Å². The van der Waals surface area contributed by atoms with Gasteiger partial charge in [-0.1, -0.05) is 23.4 Å². The summed E-state index contributed by atoms with van der Waals surface area (Å²) in [6.07, 6.45) is 2.57. The molecule has 140 valence electrons. The topological polar surface area (TPSA) is 120 Å². The minimum absolute atomic E-state index is 0.334. The number of amides is 2. The highest BCUT2D eigenvalue weighted by molar-refractivity contribution is 5.88. The maximum Gasteiger partial charge on any atom is 0.321 e. The Balaban J connectivity index is 1.48. The third kappa shape index (κ3) is 3.65. The van der Waals surface area contributed by atoms with E-state index in [0.29, 0.717) is 43.6 Å². The van der Waals surface area contributed by atoms with Gasteiger partial charge in [-0.2, -0.15) is 10.1 Å².